The van der Waals surface area contributed by atoms with Gasteiger partial charge in [0.05, 0.1) is 6.61 Å². The minimum absolute atomic E-state index is 0.258. The highest BCUT2D eigenvalue weighted by atomic mass is 35.5. The Morgan fingerprint density at radius 3 is 2.95 bits per heavy atom. The molecule has 1 saturated heterocycles. The molecule has 19 heavy (non-hydrogen) atoms. The number of ether oxygens (including phenoxy) is 3. The average molecular weight is 285 g/mol. The predicted octanol–water partition coefficient (Wildman–Crippen LogP) is 1.89. The van der Waals surface area contributed by atoms with Crippen LogP contribution in [0.4, 0.5) is 0 Å². The van der Waals surface area contributed by atoms with Crippen molar-refractivity contribution < 1.29 is 23.8 Å². The average Bonchev–Trinajstić information content (AvgIpc) is 2.74. The highest BCUT2D eigenvalue weighted by Gasteiger charge is 2.30. The third-order valence-corrected chi connectivity index (χ3v) is 2.88. The molecule has 0 radical (unpaired) electrons. The molecule has 6 heteroatoms. The number of carbonyl (C=O) groups is 2. The van der Waals surface area contributed by atoms with Crippen LogP contribution in [0.5, 0.6) is 5.75 Å². The van der Waals surface area contributed by atoms with E-state index < -0.39 is 18.0 Å². The molecule has 0 spiro atoms. The Kier molecular flexibility index (Phi) is 4.27. The van der Waals surface area contributed by atoms with E-state index in [1.165, 1.54) is 0 Å². The molecule has 1 unspecified atom stereocenters. The summed E-state index contributed by atoms with van der Waals surface area (Å²) in [6, 6.07) is 5.08. The predicted molar refractivity (Wildman–Crippen MR) is 67.1 cm³/mol. The number of rotatable bonds is 4. The van der Waals surface area contributed by atoms with E-state index >= 15 is 0 Å². The molecular formula is C13H13ClO5. The van der Waals surface area contributed by atoms with E-state index in [0.29, 0.717) is 17.2 Å². The molecule has 0 N–H and O–H groups in total. The highest BCUT2D eigenvalue weighted by molar-refractivity contribution is 6.30. The van der Waals surface area contributed by atoms with Gasteiger partial charge in [0.2, 0.25) is 6.10 Å². The molecule has 0 aliphatic carbocycles. The molecule has 5 nitrogen and oxygen atoms in total. The van der Waals surface area contributed by atoms with E-state index in [-0.39, 0.29) is 13.2 Å². The largest absolute Gasteiger partial charge is 0.482 e. The van der Waals surface area contributed by atoms with Gasteiger partial charge in [-0.2, -0.15) is 0 Å². The Morgan fingerprint density at radius 2 is 2.32 bits per heavy atom. The van der Waals surface area contributed by atoms with Crippen molar-refractivity contribution in [1.82, 2.24) is 0 Å². The van der Waals surface area contributed by atoms with Crippen LogP contribution < -0.4 is 4.74 Å². The molecule has 0 aromatic heterocycles. The molecule has 0 saturated carbocycles. The maximum absolute atomic E-state index is 11.5. The van der Waals surface area contributed by atoms with E-state index in [1.807, 2.05) is 6.92 Å². The Morgan fingerprint density at radius 1 is 1.53 bits per heavy atom. The molecule has 2 rings (SSSR count). The minimum Gasteiger partial charge on any atom is -0.482 e. The first-order valence-corrected chi connectivity index (χ1v) is 6.19. The van der Waals surface area contributed by atoms with Crippen molar-refractivity contribution in [3.05, 3.63) is 28.8 Å². The van der Waals surface area contributed by atoms with Crippen LogP contribution >= 0.6 is 11.6 Å². The minimum atomic E-state index is -0.803. The third kappa shape index (κ3) is 3.61. The van der Waals surface area contributed by atoms with Gasteiger partial charge < -0.3 is 14.2 Å². The van der Waals surface area contributed by atoms with Crippen LogP contribution in [0.2, 0.25) is 5.02 Å². The lowest BCUT2D eigenvalue weighted by atomic mass is 10.2. The second kappa shape index (κ2) is 5.93. The number of hydrogen-bond donors (Lipinski definition) is 0. The molecule has 0 amide bonds. The lowest BCUT2D eigenvalue weighted by molar-refractivity contribution is -0.161. The third-order valence-electron chi connectivity index (χ3n) is 2.64. The van der Waals surface area contributed by atoms with E-state index in [0.717, 1.165) is 5.56 Å². The number of hydrogen-bond acceptors (Lipinski definition) is 5. The van der Waals surface area contributed by atoms with Crippen LogP contribution in [-0.2, 0) is 19.1 Å². The smallest absolute Gasteiger partial charge is 0.347 e. The molecule has 1 fully saturated rings. The molecule has 102 valence electrons. The zero-order chi connectivity index (χ0) is 13.8. The van der Waals surface area contributed by atoms with Crippen molar-refractivity contribution in [1.29, 1.82) is 0 Å². The van der Waals surface area contributed by atoms with Gasteiger partial charge in [0.25, 0.3) is 0 Å². The van der Waals surface area contributed by atoms with Gasteiger partial charge in [0.1, 0.15) is 5.75 Å². The number of benzene rings is 1. The Labute approximate surface area is 115 Å². The second-order valence-electron chi connectivity index (χ2n) is 4.13. The van der Waals surface area contributed by atoms with Crippen molar-refractivity contribution in [2.45, 2.75) is 19.4 Å². The first-order valence-electron chi connectivity index (χ1n) is 5.81. The SMILES string of the molecule is Cc1cc(Cl)ccc1OCC(=O)OC1CCOC1=O. The Bertz CT molecular complexity index is 500. The second-order valence-corrected chi connectivity index (χ2v) is 4.57. The molecule has 1 aliphatic heterocycles. The van der Waals surface area contributed by atoms with Gasteiger partial charge in [-0.15, -0.1) is 0 Å². The summed E-state index contributed by atoms with van der Waals surface area (Å²) >= 11 is 5.81. The van der Waals surface area contributed by atoms with Crippen LogP contribution in [0.25, 0.3) is 0 Å². The summed E-state index contributed by atoms with van der Waals surface area (Å²) in [5.74, 6) is -0.551. The molecule has 1 aromatic rings. The summed E-state index contributed by atoms with van der Waals surface area (Å²) in [6.45, 7) is 1.85. The van der Waals surface area contributed by atoms with Gasteiger partial charge >= 0.3 is 11.9 Å². The number of carbonyl (C=O) groups excluding carboxylic acids is 2. The fraction of sp³-hybridized carbons (Fsp3) is 0.385. The van der Waals surface area contributed by atoms with E-state index in [1.54, 1.807) is 18.2 Å². The lowest BCUT2D eigenvalue weighted by Gasteiger charge is -2.11. The number of cyclic esters (lactones) is 1. The van der Waals surface area contributed by atoms with Crippen LogP contribution in [0.1, 0.15) is 12.0 Å². The molecule has 1 atom stereocenters. The number of esters is 2. The van der Waals surface area contributed by atoms with Gasteiger partial charge in [-0.25, -0.2) is 9.59 Å². The normalized spacial score (nSPS) is 18.0. The summed E-state index contributed by atoms with van der Waals surface area (Å²) in [5.41, 5.74) is 0.820. The lowest BCUT2D eigenvalue weighted by Crippen LogP contribution is -2.26. The van der Waals surface area contributed by atoms with Crippen LogP contribution in [0, 0.1) is 6.92 Å². The van der Waals surface area contributed by atoms with Crippen molar-refractivity contribution in [2.75, 3.05) is 13.2 Å². The first kappa shape index (κ1) is 13.7. The van der Waals surface area contributed by atoms with Gasteiger partial charge in [0.15, 0.2) is 6.61 Å². The fourth-order valence-electron chi connectivity index (χ4n) is 1.69. The van der Waals surface area contributed by atoms with Crippen LogP contribution in [0.15, 0.2) is 18.2 Å². The summed E-state index contributed by atoms with van der Waals surface area (Å²) in [6.07, 6.45) is -0.410. The fourth-order valence-corrected chi connectivity index (χ4v) is 1.92. The molecule has 0 bridgehead atoms. The monoisotopic (exact) mass is 284 g/mol. The van der Waals surface area contributed by atoms with Gasteiger partial charge in [-0.05, 0) is 30.7 Å². The topological polar surface area (TPSA) is 61.8 Å². The zero-order valence-corrected chi connectivity index (χ0v) is 11.1. The van der Waals surface area contributed by atoms with Gasteiger partial charge in [0, 0.05) is 11.4 Å². The highest BCUT2D eigenvalue weighted by Crippen LogP contribution is 2.21. The molecule has 1 heterocycles. The standard InChI is InChI=1S/C13H13ClO5/c1-8-6-9(14)2-3-10(8)18-7-12(15)19-11-4-5-17-13(11)16/h2-3,6,11H,4-5,7H2,1H3. The Hall–Kier alpha value is -1.75. The van der Waals surface area contributed by atoms with E-state index in [4.69, 9.17) is 21.1 Å². The maximum atomic E-state index is 11.5. The van der Waals surface area contributed by atoms with Gasteiger partial charge in [-0.3, -0.25) is 0 Å². The summed E-state index contributed by atoms with van der Waals surface area (Å²) in [4.78, 5) is 22.6. The quantitative estimate of drug-likeness (QED) is 0.790. The maximum Gasteiger partial charge on any atom is 0.347 e. The Balaban J connectivity index is 1.84. The molecule has 1 aromatic carbocycles. The number of aryl methyl sites for hydroxylation is 1. The van der Waals surface area contributed by atoms with Crippen molar-refractivity contribution >= 4 is 23.5 Å². The first-order chi connectivity index (χ1) is 9.06. The summed E-state index contributed by atoms with van der Waals surface area (Å²) < 4.78 is 14.9. The van der Waals surface area contributed by atoms with E-state index in [9.17, 15) is 9.59 Å². The molecule has 1 aliphatic rings. The summed E-state index contributed by atoms with van der Waals surface area (Å²) in [7, 11) is 0. The van der Waals surface area contributed by atoms with Crippen molar-refractivity contribution in [3.63, 3.8) is 0 Å². The van der Waals surface area contributed by atoms with Crippen molar-refractivity contribution in [3.8, 4) is 5.75 Å². The van der Waals surface area contributed by atoms with Crippen LogP contribution in [-0.4, -0.2) is 31.3 Å². The molecular weight excluding hydrogens is 272 g/mol. The van der Waals surface area contributed by atoms with Crippen LogP contribution in [0.3, 0.4) is 0 Å². The number of halogens is 1. The van der Waals surface area contributed by atoms with Crippen molar-refractivity contribution in [2.24, 2.45) is 0 Å². The van der Waals surface area contributed by atoms with E-state index in [2.05, 4.69) is 4.74 Å². The van der Waals surface area contributed by atoms with Gasteiger partial charge in [-0.1, -0.05) is 11.6 Å². The zero-order valence-electron chi connectivity index (χ0n) is 10.3. The summed E-state index contributed by atoms with van der Waals surface area (Å²) in [5, 5.41) is 0.598.